The van der Waals surface area contributed by atoms with E-state index in [-0.39, 0.29) is 36.8 Å². The standard InChI is InChI=1S/C42H45N3O6/c1-28-38(26-45(3)29(2)39(47)31-10-6-4-7-11-31)50-41(51-40(28)32-16-14-30(27-46)15-17-32)33-18-20-34(21-19-33)43-42(48)44-35-22-24-37(25-23-35)49-36-12-8-5-9-13-36/h4-25,28-29,38-41,46-47H,26-27H2,1-3H3,(H2,43,44,48)/t28-,29+,38+,39+,40+,41+/m1/s1. The number of nitrogens with zero attached hydrogens (tertiary/aromatic N) is 1. The molecule has 0 radical (unpaired) electrons. The Bertz CT molecular complexity index is 1820. The molecule has 9 nitrogen and oxygen atoms in total. The highest BCUT2D eigenvalue weighted by molar-refractivity contribution is 5.99. The quantitative estimate of drug-likeness (QED) is 0.104. The predicted molar refractivity (Wildman–Crippen MR) is 199 cm³/mol. The number of amides is 2. The summed E-state index contributed by atoms with van der Waals surface area (Å²) in [6, 6.07) is 41.0. The summed E-state index contributed by atoms with van der Waals surface area (Å²) in [4.78, 5) is 15.0. The van der Waals surface area contributed by atoms with Gasteiger partial charge in [-0.3, -0.25) is 4.90 Å². The molecule has 0 unspecified atom stereocenters. The molecular weight excluding hydrogens is 642 g/mol. The van der Waals surface area contributed by atoms with Crippen molar-refractivity contribution in [1.82, 2.24) is 4.90 Å². The van der Waals surface area contributed by atoms with Crippen LogP contribution in [0.5, 0.6) is 11.5 Å². The number of carbonyl (C=O) groups is 1. The van der Waals surface area contributed by atoms with Crippen LogP contribution < -0.4 is 15.4 Å². The first-order valence-electron chi connectivity index (χ1n) is 17.2. The Morgan fingerprint density at radius 2 is 1.31 bits per heavy atom. The zero-order chi connectivity index (χ0) is 35.7. The minimum atomic E-state index is -0.670. The van der Waals surface area contributed by atoms with Crippen LogP contribution in [-0.2, 0) is 16.1 Å². The van der Waals surface area contributed by atoms with E-state index in [0.29, 0.717) is 23.7 Å². The fourth-order valence-electron chi connectivity index (χ4n) is 6.20. The summed E-state index contributed by atoms with van der Waals surface area (Å²) >= 11 is 0. The number of hydrogen-bond acceptors (Lipinski definition) is 7. The zero-order valence-corrected chi connectivity index (χ0v) is 29.1. The van der Waals surface area contributed by atoms with Crippen LogP contribution in [0.3, 0.4) is 0 Å². The van der Waals surface area contributed by atoms with Gasteiger partial charge in [-0.1, -0.05) is 91.9 Å². The maximum absolute atomic E-state index is 12.8. The highest BCUT2D eigenvalue weighted by Crippen LogP contribution is 2.42. The lowest BCUT2D eigenvalue weighted by molar-refractivity contribution is -0.276. The number of anilines is 2. The second-order valence-electron chi connectivity index (χ2n) is 13.0. The molecule has 1 saturated heterocycles. The van der Waals surface area contributed by atoms with Gasteiger partial charge in [0.15, 0.2) is 6.29 Å². The summed E-state index contributed by atoms with van der Waals surface area (Å²) in [6.07, 6.45) is -1.84. The molecule has 51 heavy (non-hydrogen) atoms. The normalized spacial score (nSPS) is 20.0. The third-order valence-corrected chi connectivity index (χ3v) is 9.42. The number of aliphatic hydroxyl groups excluding tert-OH is 2. The minimum Gasteiger partial charge on any atom is -0.457 e. The number of aliphatic hydroxyl groups is 2. The van der Waals surface area contributed by atoms with E-state index in [1.807, 2.05) is 123 Å². The van der Waals surface area contributed by atoms with Crippen molar-refractivity contribution in [2.24, 2.45) is 5.92 Å². The molecule has 2 amide bonds. The summed E-state index contributed by atoms with van der Waals surface area (Å²) in [5, 5.41) is 26.5. The second-order valence-corrected chi connectivity index (χ2v) is 13.0. The fraction of sp³-hybridized carbons (Fsp3) is 0.262. The van der Waals surface area contributed by atoms with E-state index in [9.17, 15) is 15.0 Å². The predicted octanol–water partition coefficient (Wildman–Crippen LogP) is 8.46. The number of ether oxygens (including phenoxy) is 3. The molecule has 5 aromatic carbocycles. The maximum atomic E-state index is 12.8. The Kier molecular flexibility index (Phi) is 11.8. The number of hydrogen-bond donors (Lipinski definition) is 4. The molecule has 9 heteroatoms. The Balaban J connectivity index is 1.12. The average Bonchev–Trinajstić information content (AvgIpc) is 3.17. The van der Waals surface area contributed by atoms with Crippen molar-refractivity contribution in [3.63, 3.8) is 0 Å². The summed E-state index contributed by atoms with van der Waals surface area (Å²) in [5.74, 6) is 1.39. The van der Waals surface area contributed by atoms with Gasteiger partial charge >= 0.3 is 6.03 Å². The monoisotopic (exact) mass is 687 g/mol. The van der Waals surface area contributed by atoms with Crippen molar-refractivity contribution in [3.05, 3.63) is 156 Å². The molecule has 0 bridgehead atoms. The van der Waals surface area contributed by atoms with Crippen LogP contribution in [0.1, 0.15) is 54.6 Å². The minimum absolute atomic E-state index is 0.0200. The lowest BCUT2D eigenvalue weighted by atomic mass is 9.89. The summed E-state index contributed by atoms with van der Waals surface area (Å²) in [7, 11) is 2.00. The molecule has 6 atom stereocenters. The third kappa shape index (κ3) is 9.21. The van der Waals surface area contributed by atoms with Crippen LogP contribution in [0.4, 0.5) is 16.2 Å². The molecule has 0 aromatic heterocycles. The number of likely N-dealkylation sites (N-methyl/N-ethyl adjacent to an activating group) is 1. The molecule has 6 rings (SSSR count). The van der Waals surface area contributed by atoms with Gasteiger partial charge in [0.25, 0.3) is 0 Å². The van der Waals surface area contributed by atoms with E-state index < -0.39 is 12.4 Å². The zero-order valence-electron chi connectivity index (χ0n) is 29.1. The van der Waals surface area contributed by atoms with Crippen molar-refractivity contribution >= 4 is 17.4 Å². The molecule has 264 valence electrons. The molecule has 0 spiro atoms. The van der Waals surface area contributed by atoms with E-state index in [2.05, 4.69) is 22.5 Å². The van der Waals surface area contributed by atoms with Crippen LogP contribution in [0, 0.1) is 5.92 Å². The topological polar surface area (TPSA) is 113 Å². The van der Waals surface area contributed by atoms with E-state index in [1.165, 1.54) is 0 Å². The lowest BCUT2D eigenvalue weighted by Crippen LogP contribution is -2.46. The van der Waals surface area contributed by atoms with Gasteiger partial charge in [0, 0.05) is 35.4 Å². The fourth-order valence-corrected chi connectivity index (χ4v) is 6.20. The SMILES string of the molecule is C[C@@H]1[C@H](CN(C)[C@@H](C)[C@H](O)c2ccccc2)O[C@H](c2ccc(NC(=O)Nc3ccc(Oc4ccccc4)cc3)cc2)O[C@@H]1c1ccc(CO)cc1. The van der Waals surface area contributed by atoms with E-state index in [0.717, 1.165) is 28.0 Å². The van der Waals surface area contributed by atoms with E-state index in [1.54, 1.807) is 24.3 Å². The van der Waals surface area contributed by atoms with Crippen molar-refractivity contribution < 1.29 is 29.2 Å². The number of benzene rings is 5. The highest BCUT2D eigenvalue weighted by Gasteiger charge is 2.39. The average molecular weight is 688 g/mol. The van der Waals surface area contributed by atoms with Gasteiger partial charge in [-0.2, -0.15) is 0 Å². The van der Waals surface area contributed by atoms with Gasteiger partial charge in [0.2, 0.25) is 0 Å². The van der Waals surface area contributed by atoms with E-state index >= 15 is 0 Å². The van der Waals surface area contributed by atoms with Gasteiger partial charge in [-0.15, -0.1) is 0 Å². The van der Waals surface area contributed by atoms with Crippen LogP contribution in [-0.4, -0.2) is 46.9 Å². The van der Waals surface area contributed by atoms with Gasteiger partial charge in [-0.25, -0.2) is 4.79 Å². The second kappa shape index (κ2) is 16.8. The first-order valence-corrected chi connectivity index (χ1v) is 17.2. The molecule has 1 aliphatic rings. The van der Waals surface area contributed by atoms with Crippen molar-refractivity contribution in [2.75, 3.05) is 24.2 Å². The van der Waals surface area contributed by atoms with Gasteiger partial charge in [0.1, 0.15) is 11.5 Å². The van der Waals surface area contributed by atoms with Crippen molar-refractivity contribution in [3.8, 4) is 11.5 Å². The van der Waals surface area contributed by atoms with Crippen LogP contribution in [0.15, 0.2) is 133 Å². The summed E-state index contributed by atoms with van der Waals surface area (Å²) in [5.41, 5.74) is 4.74. The Labute approximate surface area is 299 Å². The Hall–Kier alpha value is -5.03. The molecule has 5 aromatic rings. The summed E-state index contributed by atoms with van der Waals surface area (Å²) < 4.78 is 19.1. The molecule has 0 aliphatic carbocycles. The highest BCUT2D eigenvalue weighted by atomic mass is 16.7. The largest absolute Gasteiger partial charge is 0.457 e. The summed E-state index contributed by atoms with van der Waals surface area (Å²) in [6.45, 7) is 4.67. The molecule has 1 aliphatic heterocycles. The molecular formula is C42H45N3O6. The van der Waals surface area contributed by atoms with Crippen molar-refractivity contribution in [1.29, 1.82) is 0 Å². The molecule has 1 fully saturated rings. The number of rotatable bonds is 12. The first-order chi connectivity index (χ1) is 24.8. The van der Waals surface area contributed by atoms with Gasteiger partial charge in [0.05, 0.1) is 24.9 Å². The van der Waals surface area contributed by atoms with Gasteiger partial charge < -0.3 is 35.1 Å². The number of urea groups is 1. The first kappa shape index (κ1) is 35.8. The third-order valence-electron chi connectivity index (χ3n) is 9.42. The number of nitrogens with one attached hydrogen (secondary N) is 2. The lowest BCUT2D eigenvalue weighted by Gasteiger charge is -2.43. The molecule has 0 saturated carbocycles. The molecule has 1 heterocycles. The van der Waals surface area contributed by atoms with Crippen LogP contribution in [0.2, 0.25) is 0 Å². The smallest absolute Gasteiger partial charge is 0.323 e. The van der Waals surface area contributed by atoms with Crippen LogP contribution in [0.25, 0.3) is 0 Å². The van der Waals surface area contributed by atoms with Crippen molar-refractivity contribution in [2.45, 2.75) is 51.1 Å². The Morgan fingerprint density at radius 3 is 1.92 bits per heavy atom. The van der Waals surface area contributed by atoms with Crippen LogP contribution >= 0.6 is 0 Å². The molecule has 4 N–H and O–H groups in total. The van der Waals surface area contributed by atoms with Gasteiger partial charge in [-0.05, 0) is 79.2 Å². The Morgan fingerprint density at radius 1 is 0.765 bits per heavy atom. The number of para-hydroxylation sites is 1. The number of carbonyl (C=O) groups excluding carboxylic acids is 1. The van der Waals surface area contributed by atoms with E-state index in [4.69, 9.17) is 14.2 Å². The maximum Gasteiger partial charge on any atom is 0.323 e.